The highest BCUT2D eigenvalue weighted by molar-refractivity contribution is 5.46. The van der Waals surface area contributed by atoms with Gasteiger partial charge in [0.25, 0.3) is 0 Å². The van der Waals surface area contributed by atoms with Crippen LogP contribution >= 0.6 is 0 Å². The van der Waals surface area contributed by atoms with E-state index in [0.717, 1.165) is 29.2 Å². The van der Waals surface area contributed by atoms with Gasteiger partial charge in [-0.15, -0.1) is 0 Å². The molecule has 2 rings (SSSR count). The molecule has 2 N–H and O–H groups in total. The minimum atomic E-state index is -4.77. The minimum Gasteiger partial charge on any atom is -0.386 e. The standard InChI is InChI=1S/C23H29F3O2/c1-13-8-17(11-19(15(13)3)21(5,6)27)10-18-9-14(2)16(4)20(12-18)22(7,28)23(24,25)26/h8-9,11-12,27-28H,10H2,1-7H3. The Morgan fingerprint density at radius 3 is 1.50 bits per heavy atom. The summed E-state index contributed by atoms with van der Waals surface area (Å²) in [6, 6.07) is 7.18. The topological polar surface area (TPSA) is 40.5 Å². The fourth-order valence-electron chi connectivity index (χ4n) is 3.60. The van der Waals surface area contributed by atoms with Gasteiger partial charge >= 0.3 is 6.18 Å². The van der Waals surface area contributed by atoms with Crippen molar-refractivity contribution in [3.05, 3.63) is 68.8 Å². The second kappa shape index (κ2) is 7.20. The molecule has 0 amide bonds. The molecular formula is C23H29F3O2. The molecule has 28 heavy (non-hydrogen) atoms. The summed E-state index contributed by atoms with van der Waals surface area (Å²) in [5.41, 5.74) is 1.48. The fraction of sp³-hybridized carbons (Fsp3) is 0.478. The summed E-state index contributed by atoms with van der Waals surface area (Å²) >= 11 is 0. The van der Waals surface area contributed by atoms with Crippen LogP contribution in [0.5, 0.6) is 0 Å². The van der Waals surface area contributed by atoms with Gasteiger partial charge in [-0.25, -0.2) is 0 Å². The molecule has 0 spiro atoms. The van der Waals surface area contributed by atoms with E-state index in [0.29, 0.717) is 23.1 Å². The molecule has 2 aromatic carbocycles. The van der Waals surface area contributed by atoms with Gasteiger partial charge in [0.1, 0.15) is 0 Å². The van der Waals surface area contributed by atoms with Gasteiger partial charge in [0, 0.05) is 0 Å². The Kier molecular flexibility index (Phi) is 5.77. The van der Waals surface area contributed by atoms with Gasteiger partial charge in [0.2, 0.25) is 0 Å². The van der Waals surface area contributed by atoms with E-state index >= 15 is 0 Å². The van der Waals surface area contributed by atoms with Crippen LogP contribution in [0.2, 0.25) is 0 Å². The number of rotatable bonds is 4. The molecule has 2 nitrogen and oxygen atoms in total. The van der Waals surface area contributed by atoms with Gasteiger partial charge in [-0.05, 0) is 99.4 Å². The molecule has 0 fully saturated rings. The Balaban J connectivity index is 2.56. The summed E-state index contributed by atoms with van der Waals surface area (Å²) in [5, 5.41) is 20.6. The van der Waals surface area contributed by atoms with Crippen molar-refractivity contribution < 1.29 is 23.4 Å². The SMILES string of the molecule is Cc1cc(Cc2cc(C)c(C)c(C(C)(O)C(F)(F)F)c2)cc(C(C)(C)O)c1C. The lowest BCUT2D eigenvalue weighted by Crippen LogP contribution is -2.40. The van der Waals surface area contributed by atoms with Crippen LogP contribution in [0, 0.1) is 27.7 Å². The number of aryl methyl sites for hydroxylation is 2. The van der Waals surface area contributed by atoms with Gasteiger partial charge in [0.05, 0.1) is 5.60 Å². The highest BCUT2D eigenvalue weighted by Gasteiger charge is 2.52. The third kappa shape index (κ3) is 4.26. The van der Waals surface area contributed by atoms with E-state index in [1.807, 2.05) is 32.0 Å². The number of hydrogen-bond donors (Lipinski definition) is 2. The molecule has 0 aliphatic rings. The van der Waals surface area contributed by atoms with Crippen molar-refractivity contribution in [2.24, 2.45) is 0 Å². The Morgan fingerprint density at radius 1 is 0.714 bits per heavy atom. The summed E-state index contributed by atoms with van der Waals surface area (Å²) in [6.07, 6.45) is -4.36. The first-order valence-corrected chi connectivity index (χ1v) is 9.28. The van der Waals surface area contributed by atoms with E-state index in [-0.39, 0.29) is 5.56 Å². The highest BCUT2D eigenvalue weighted by Crippen LogP contribution is 2.41. The third-order valence-electron chi connectivity index (χ3n) is 5.60. The molecule has 0 aromatic heterocycles. The lowest BCUT2D eigenvalue weighted by molar-refractivity contribution is -0.259. The molecule has 0 bridgehead atoms. The van der Waals surface area contributed by atoms with Crippen LogP contribution in [-0.4, -0.2) is 16.4 Å². The van der Waals surface area contributed by atoms with Crippen LogP contribution in [0.1, 0.15) is 65.3 Å². The molecule has 0 saturated carbocycles. The van der Waals surface area contributed by atoms with E-state index in [9.17, 15) is 23.4 Å². The van der Waals surface area contributed by atoms with Crippen molar-refractivity contribution in [3.63, 3.8) is 0 Å². The first-order valence-electron chi connectivity index (χ1n) is 9.28. The maximum Gasteiger partial charge on any atom is 0.421 e. The molecule has 5 heteroatoms. The molecule has 0 heterocycles. The molecule has 1 unspecified atom stereocenters. The maximum absolute atomic E-state index is 13.4. The molecular weight excluding hydrogens is 365 g/mol. The van der Waals surface area contributed by atoms with Crippen molar-refractivity contribution in [1.82, 2.24) is 0 Å². The van der Waals surface area contributed by atoms with Crippen molar-refractivity contribution in [1.29, 1.82) is 0 Å². The normalized spacial score (nSPS) is 14.9. The molecule has 0 radical (unpaired) electrons. The number of halogens is 3. The van der Waals surface area contributed by atoms with Crippen LogP contribution in [0.25, 0.3) is 0 Å². The quantitative estimate of drug-likeness (QED) is 0.718. The summed E-state index contributed by atoms with van der Waals surface area (Å²) in [7, 11) is 0. The average molecular weight is 394 g/mol. The van der Waals surface area contributed by atoms with Crippen LogP contribution in [0.15, 0.2) is 24.3 Å². The number of benzene rings is 2. The van der Waals surface area contributed by atoms with Crippen molar-refractivity contribution in [2.75, 3.05) is 0 Å². The summed E-state index contributed by atoms with van der Waals surface area (Å²) in [4.78, 5) is 0. The molecule has 2 aromatic rings. The Hall–Kier alpha value is -1.85. The number of alkyl halides is 3. The fourth-order valence-corrected chi connectivity index (χ4v) is 3.60. The van der Waals surface area contributed by atoms with E-state index < -0.39 is 17.4 Å². The Labute approximate surface area is 165 Å². The number of aliphatic hydroxyl groups is 2. The molecule has 0 saturated heterocycles. The minimum absolute atomic E-state index is 0.124. The molecule has 1 atom stereocenters. The second-order valence-corrected chi connectivity index (χ2v) is 8.48. The van der Waals surface area contributed by atoms with E-state index in [1.54, 1.807) is 27.7 Å². The van der Waals surface area contributed by atoms with Gasteiger partial charge in [-0.1, -0.05) is 24.3 Å². The lowest BCUT2D eigenvalue weighted by atomic mass is 9.85. The van der Waals surface area contributed by atoms with Crippen LogP contribution in [-0.2, 0) is 17.6 Å². The summed E-state index contributed by atoms with van der Waals surface area (Å²) in [6.45, 7) is 11.5. The smallest absolute Gasteiger partial charge is 0.386 e. The average Bonchev–Trinajstić information content (AvgIpc) is 2.51. The molecule has 0 aliphatic heterocycles. The zero-order valence-electron chi connectivity index (χ0n) is 17.5. The van der Waals surface area contributed by atoms with Gasteiger partial charge < -0.3 is 10.2 Å². The zero-order valence-corrected chi connectivity index (χ0v) is 17.5. The van der Waals surface area contributed by atoms with Gasteiger partial charge in [-0.2, -0.15) is 13.2 Å². The lowest BCUT2D eigenvalue weighted by Gasteiger charge is -2.29. The van der Waals surface area contributed by atoms with E-state index in [4.69, 9.17) is 0 Å². The van der Waals surface area contributed by atoms with E-state index in [1.165, 1.54) is 6.07 Å². The van der Waals surface area contributed by atoms with Crippen LogP contribution in [0.4, 0.5) is 13.2 Å². The summed E-state index contributed by atoms with van der Waals surface area (Å²) < 4.78 is 40.2. The maximum atomic E-state index is 13.4. The second-order valence-electron chi connectivity index (χ2n) is 8.48. The molecule has 0 aliphatic carbocycles. The summed E-state index contributed by atoms with van der Waals surface area (Å²) in [5.74, 6) is 0. The Bertz CT molecular complexity index is 888. The first kappa shape index (κ1) is 22.4. The van der Waals surface area contributed by atoms with E-state index in [2.05, 4.69) is 0 Å². The van der Waals surface area contributed by atoms with Crippen molar-refractivity contribution >= 4 is 0 Å². The number of hydrogen-bond acceptors (Lipinski definition) is 2. The first-order chi connectivity index (χ1) is 12.6. The molecule has 154 valence electrons. The Morgan fingerprint density at radius 2 is 1.11 bits per heavy atom. The highest BCUT2D eigenvalue weighted by atomic mass is 19.4. The third-order valence-corrected chi connectivity index (χ3v) is 5.60. The predicted octanol–water partition coefficient (Wildman–Crippen LogP) is 5.51. The van der Waals surface area contributed by atoms with Crippen LogP contribution in [0.3, 0.4) is 0 Å². The van der Waals surface area contributed by atoms with Gasteiger partial charge in [-0.3, -0.25) is 0 Å². The zero-order chi connectivity index (χ0) is 21.7. The largest absolute Gasteiger partial charge is 0.421 e. The van der Waals surface area contributed by atoms with Gasteiger partial charge in [0.15, 0.2) is 5.60 Å². The predicted molar refractivity (Wildman–Crippen MR) is 106 cm³/mol. The van der Waals surface area contributed by atoms with Crippen molar-refractivity contribution in [2.45, 2.75) is 72.3 Å². The van der Waals surface area contributed by atoms with Crippen molar-refractivity contribution in [3.8, 4) is 0 Å². The monoisotopic (exact) mass is 394 g/mol. The van der Waals surface area contributed by atoms with Crippen LogP contribution < -0.4 is 0 Å².